The summed E-state index contributed by atoms with van der Waals surface area (Å²) in [5, 5.41) is 10.3. The van der Waals surface area contributed by atoms with E-state index in [2.05, 4.69) is 15.5 Å². The van der Waals surface area contributed by atoms with Crippen molar-refractivity contribution in [2.24, 2.45) is 0 Å². The van der Waals surface area contributed by atoms with Crippen molar-refractivity contribution in [3.8, 4) is 5.75 Å². The predicted octanol–water partition coefficient (Wildman–Crippen LogP) is 3.17. The molecule has 0 aliphatic rings. The lowest BCUT2D eigenvalue weighted by Gasteiger charge is -2.07. The van der Waals surface area contributed by atoms with Crippen LogP contribution in [0.3, 0.4) is 0 Å². The first-order chi connectivity index (χ1) is 9.69. The molecule has 1 amide bonds. The van der Waals surface area contributed by atoms with Crippen LogP contribution in [-0.4, -0.2) is 22.7 Å². The maximum absolute atomic E-state index is 11.9. The third kappa shape index (κ3) is 3.93. The smallest absolute Gasteiger partial charge is 0.276 e. The first-order valence-corrected chi connectivity index (χ1v) is 6.60. The number of aromatic nitrogens is 2. The molecule has 2 aromatic rings. The third-order valence-electron chi connectivity index (χ3n) is 2.45. The Labute approximate surface area is 121 Å². The molecule has 0 spiro atoms. The van der Waals surface area contributed by atoms with Crippen LogP contribution >= 0.6 is 11.6 Å². The molecule has 0 saturated heterocycles. The van der Waals surface area contributed by atoms with Gasteiger partial charge in [0.15, 0.2) is 10.8 Å². The minimum atomic E-state index is -0.337. The maximum Gasteiger partial charge on any atom is 0.276 e. The molecule has 0 atom stereocenters. The molecule has 104 valence electrons. The highest BCUT2D eigenvalue weighted by atomic mass is 35.5. The number of nitrogens with one attached hydrogen (secondary N) is 1. The number of rotatable bonds is 5. The number of carbonyl (C=O) groups excluding carboxylic acids is 1. The fourth-order valence-corrected chi connectivity index (χ4v) is 1.59. The molecule has 1 aromatic heterocycles. The second-order valence-corrected chi connectivity index (χ2v) is 4.46. The number of hydrogen-bond donors (Lipinski definition) is 1. The van der Waals surface area contributed by atoms with Gasteiger partial charge in [0.05, 0.1) is 6.61 Å². The lowest BCUT2D eigenvalue weighted by atomic mass is 10.3. The number of halogens is 1. The van der Waals surface area contributed by atoms with Gasteiger partial charge >= 0.3 is 0 Å². The highest BCUT2D eigenvalue weighted by molar-refractivity contribution is 6.29. The normalized spacial score (nSPS) is 10.1. The lowest BCUT2D eigenvalue weighted by Crippen LogP contribution is -2.14. The maximum atomic E-state index is 11.9. The SMILES string of the molecule is CCCOc1ccc(NC(=O)c2ccc(Cl)nn2)cc1. The van der Waals surface area contributed by atoms with Gasteiger partial charge in [-0.05, 0) is 42.8 Å². The Morgan fingerprint density at radius 2 is 1.95 bits per heavy atom. The molecule has 0 fully saturated rings. The molecule has 0 aliphatic heterocycles. The number of benzene rings is 1. The summed E-state index contributed by atoms with van der Waals surface area (Å²) in [5.74, 6) is 0.438. The number of nitrogens with zero attached hydrogens (tertiary/aromatic N) is 2. The van der Waals surface area contributed by atoms with E-state index in [4.69, 9.17) is 16.3 Å². The molecule has 5 nitrogen and oxygen atoms in total. The summed E-state index contributed by atoms with van der Waals surface area (Å²) in [7, 11) is 0. The number of anilines is 1. The fourth-order valence-electron chi connectivity index (χ4n) is 1.49. The van der Waals surface area contributed by atoms with Crippen molar-refractivity contribution in [1.82, 2.24) is 10.2 Å². The summed E-state index contributed by atoms with van der Waals surface area (Å²) in [4.78, 5) is 11.9. The average Bonchev–Trinajstić information content (AvgIpc) is 2.47. The molecular weight excluding hydrogens is 278 g/mol. The Kier molecular flexibility index (Phi) is 4.90. The van der Waals surface area contributed by atoms with Crippen molar-refractivity contribution in [3.63, 3.8) is 0 Å². The van der Waals surface area contributed by atoms with E-state index in [1.165, 1.54) is 12.1 Å². The van der Waals surface area contributed by atoms with E-state index >= 15 is 0 Å². The van der Waals surface area contributed by atoms with E-state index in [9.17, 15) is 4.79 Å². The molecule has 0 unspecified atom stereocenters. The quantitative estimate of drug-likeness (QED) is 0.919. The highest BCUT2D eigenvalue weighted by Crippen LogP contribution is 2.16. The van der Waals surface area contributed by atoms with Gasteiger partial charge in [-0.3, -0.25) is 4.79 Å². The van der Waals surface area contributed by atoms with Crippen LogP contribution in [0.2, 0.25) is 5.15 Å². The van der Waals surface area contributed by atoms with Gasteiger partial charge < -0.3 is 10.1 Å². The van der Waals surface area contributed by atoms with Crippen LogP contribution in [0.1, 0.15) is 23.8 Å². The Bertz CT molecular complexity index is 570. The monoisotopic (exact) mass is 291 g/mol. The number of carbonyl (C=O) groups is 1. The summed E-state index contributed by atoms with van der Waals surface area (Å²) >= 11 is 5.62. The predicted molar refractivity (Wildman–Crippen MR) is 77.2 cm³/mol. The van der Waals surface area contributed by atoms with E-state index < -0.39 is 0 Å². The van der Waals surface area contributed by atoms with Crippen LogP contribution in [0.4, 0.5) is 5.69 Å². The van der Waals surface area contributed by atoms with Crippen molar-refractivity contribution in [3.05, 3.63) is 47.2 Å². The van der Waals surface area contributed by atoms with Gasteiger partial charge in [0.1, 0.15) is 5.75 Å². The van der Waals surface area contributed by atoms with Crippen molar-refractivity contribution < 1.29 is 9.53 Å². The van der Waals surface area contributed by atoms with Crippen molar-refractivity contribution in [2.75, 3.05) is 11.9 Å². The zero-order valence-corrected chi connectivity index (χ0v) is 11.7. The lowest BCUT2D eigenvalue weighted by molar-refractivity contribution is 0.102. The second-order valence-electron chi connectivity index (χ2n) is 4.07. The Morgan fingerprint density at radius 1 is 1.20 bits per heavy atom. The van der Waals surface area contributed by atoms with Gasteiger partial charge in [-0.2, -0.15) is 0 Å². The van der Waals surface area contributed by atoms with Crippen molar-refractivity contribution in [1.29, 1.82) is 0 Å². The number of ether oxygens (including phenoxy) is 1. The molecule has 6 heteroatoms. The standard InChI is InChI=1S/C14H14ClN3O2/c1-2-9-20-11-5-3-10(4-6-11)16-14(19)12-7-8-13(15)18-17-12/h3-8H,2,9H2,1H3,(H,16,19). The number of amides is 1. The summed E-state index contributed by atoms with van der Waals surface area (Å²) in [6.07, 6.45) is 0.952. The molecule has 0 bridgehead atoms. The zero-order chi connectivity index (χ0) is 14.4. The summed E-state index contributed by atoms with van der Waals surface area (Å²) in [6.45, 7) is 2.72. The van der Waals surface area contributed by atoms with Gasteiger partial charge in [-0.1, -0.05) is 18.5 Å². The number of hydrogen-bond acceptors (Lipinski definition) is 4. The second kappa shape index (κ2) is 6.86. The summed E-state index contributed by atoms with van der Waals surface area (Å²) in [5.41, 5.74) is 0.872. The summed E-state index contributed by atoms with van der Waals surface area (Å²) in [6, 6.07) is 10.2. The topological polar surface area (TPSA) is 64.1 Å². The first-order valence-electron chi connectivity index (χ1n) is 6.22. The minimum absolute atomic E-state index is 0.209. The fraction of sp³-hybridized carbons (Fsp3) is 0.214. The van der Waals surface area contributed by atoms with Crippen LogP contribution in [-0.2, 0) is 0 Å². The molecule has 2 rings (SSSR count). The molecule has 1 N–H and O–H groups in total. The van der Waals surface area contributed by atoms with E-state index in [-0.39, 0.29) is 16.8 Å². The summed E-state index contributed by atoms with van der Waals surface area (Å²) < 4.78 is 5.46. The average molecular weight is 292 g/mol. The van der Waals surface area contributed by atoms with Crippen LogP contribution in [0.25, 0.3) is 0 Å². The van der Waals surface area contributed by atoms with Crippen molar-refractivity contribution in [2.45, 2.75) is 13.3 Å². The van der Waals surface area contributed by atoms with E-state index in [0.29, 0.717) is 12.3 Å². The third-order valence-corrected chi connectivity index (χ3v) is 2.65. The zero-order valence-electron chi connectivity index (χ0n) is 11.0. The molecule has 20 heavy (non-hydrogen) atoms. The van der Waals surface area contributed by atoms with Crippen LogP contribution in [0.15, 0.2) is 36.4 Å². The largest absolute Gasteiger partial charge is 0.494 e. The molecule has 1 heterocycles. The Balaban J connectivity index is 1.99. The van der Waals surface area contributed by atoms with Gasteiger partial charge in [0, 0.05) is 5.69 Å². The van der Waals surface area contributed by atoms with Gasteiger partial charge in [-0.25, -0.2) is 0 Å². The van der Waals surface area contributed by atoms with E-state index in [1.54, 1.807) is 24.3 Å². The van der Waals surface area contributed by atoms with Gasteiger partial charge in [0.25, 0.3) is 5.91 Å². The molecule has 0 aliphatic carbocycles. The van der Waals surface area contributed by atoms with E-state index in [1.807, 2.05) is 6.92 Å². The Hall–Kier alpha value is -2.14. The van der Waals surface area contributed by atoms with Crippen LogP contribution in [0.5, 0.6) is 5.75 Å². The first kappa shape index (κ1) is 14.3. The highest BCUT2D eigenvalue weighted by Gasteiger charge is 2.08. The molecular formula is C14H14ClN3O2. The van der Waals surface area contributed by atoms with Gasteiger partial charge in [-0.15, -0.1) is 10.2 Å². The van der Waals surface area contributed by atoms with Crippen LogP contribution in [0, 0.1) is 0 Å². The molecule has 0 saturated carbocycles. The molecule has 0 radical (unpaired) electrons. The minimum Gasteiger partial charge on any atom is -0.494 e. The Morgan fingerprint density at radius 3 is 2.55 bits per heavy atom. The molecule has 1 aromatic carbocycles. The van der Waals surface area contributed by atoms with E-state index in [0.717, 1.165) is 12.2 Å². The van der Waals surface area contributed by atoms with Gasteiger partial charge in [0.2, 0.25) is 0 Å². The van der Waals surface area contributed by atoms with Crippen molar-refractivity contribution >= 4 is 23.2 Å². The van der Waals surface area contributed by atoms with Crippen LogP contribution < -0.4 is 10.1 Å².